The summed E-state index contributed by atoms with van der Waals surface area (Å²) in [7, 11) is 0. The van der Waals surface area contributed by atoms with Gasteiger partial charge in [-0.25, -0.2) is 8.78 Å². The van der Waals surface area contributed by atoms with Crippen LogP contribution in [0.5, 0.6) is 5.75 Å². The second-order valence-electron chi connectivity index (χ2n) is 2.39. The summed E-state index contributed by atoms with van der Waals surface area (Å²) in [5.41, 5.74) is -2.57. The summed E-state index contributed by atoms with van der Waals surface area (Å²) in [6, 6.07) is 0.607. The number of aromatic amines is 1. The van der Waals surface area contributed by atoms with Crippen molar-refractivity contribution >= 4 is 16.8 Å². The lowest BCUT2D eigenvalue weighted by Crippen LogP contribution is -2.16. The van der Waals surface area contributed by atoms with Crippen molar-refractivity contribution in [2.24, 2.45) is 0 Å². The Balaban J connectivity index is 3.39. The maximum Gasteiger partial charge on any atom is 0.281 e. The molecular formula is C7H4ClF2NO3. The summed E-state index contributed by atoms with van der Waals surface area (Å²) in [4.78, 5) is 23.1. The monoisotopic (exact) mass is 223 g/mol. The first-order valence-corrected chi connectivity index (χ1v) is 3.75. The molecule has 0 radical (unpaired) electrons. The highest BCUT2D eigenvalue weighted by atomic mass is 35.5. The van der Waals surface area contributed by atoms with Gasteiger partial charge in [-0.15, -0.1) is 0 Å². The maximum absolute atomic E-state index is 12.1. The molecule has 0 fully saturated rings. The van der Waals surface area contributed by atoms with E-state index in [2.05, 4.69) is 0 Å². The van der Waals surface area contributed by atoms with Gasteiger partial charge in [0.2, 0.25) is 0 Å². The smallest absolute Gasteiger partial charge is 0.281 e. The Kier molecular flexibility index (Phi) is 2.85. The first kappa shape index (κ1) is 10.6. The zero-order valence-corrected chi connectivity index (χ0v) is 7.31. The summed E-state index contributed by atoms with van der Waals surface area (Å²) in [5, 5.41) is 7.85. The van der Waals surface area contributed by atoms with E-state index in [0.29, 0.717) is 6.07 Å². The number of pyridine rings is 1. The van der Waals surface area contributed by atoms with Crippen LogP contribution in [0, 0.1) is 0 Å². The van der Waals surface area contributed by atoms with Crippen LogP contribution < -0.4 is 5.56 Å². The molecule has 0 aromatic carbocycles. The predicted molar refractivity (Wildman–Crippen MR) is 43.9 cm³/mol. The van der Waals surface area contributed by atoms with E-state index in [-0.39, 0.29) is 0 Å². The first-order valence-electron chi connectivity index (χ1n) is 3.37. The minimum Gasteiger partial charge on any atom is -0.506 e. The van der Waals surface area contributed by atoms with Crippen LogP contribution in [0.3, 0.4) is 0 Å². The van der Waals surface area contributed by atoms with Crippen LogP contribution in [-0.2, 0) is 0 Å². The van der Waals surface area contributed by atoms with E-state index in [1.807, 2.05) is 0 Å². The van der Waals surface area contributed by atoms with Crippen LogP contribution in [0.15, 0.2) is 10.9 Å². The lowest BCUT2D eigenvalue weighted by molar-refractivity contribution is 0.107. The van der Waals surface area contributed by atoms with Crippen molar-refractivity contribution < 1.29 is 18.7 Å². The van der Waals surface area contributed by atoms with Gasteiger partial charge in [-0.2, -0.15) is 0 Å². The van der Waals surface area contributed by atoms with Gasteiger partial charge in [0.1, 0.15) is 17.0 Å². The molecule has 0 saturated heterocycles. The van der Waals surface area contributed by atoms with Gasteiger partial charge in [-0.1, -0.05) is 0 Å². The van der Waals surface area contributed by atoms with Crippen molar-refractivity contribution in [1.82, 2.24) is 4.98 Å². The molecule has 0 saturated carbocycles. The summed E-state index contributed by atoms with van der Waals surface area (Å²) in [6.45, 7) is 0. The van der Waals surface area contributed by atoms with Crippen LogP contribution >= 0.6 is 11.6 Å². The fourth-order valence-corrected chi connectivity index (χ4v) is 0.986. The number of aromatic hydroxyl groups is 1. The first-order chi connectivity index (χ1) is 6.43. The molecule has 76 valence electrons. The molecule has 0 aliphatic carbocycles. The third-order valence-electron chi connectivity index (χ3n) is 1.48. The van der Waals surface area contributed by atoms with Crippen LogP contribution in [0.2, 0.25) is 0 Å². The highest BCUT2D eigenvalue weighted by molar-refractivity contribution is 6.67. The molecule has 1 rings (SSSR count). The second-order valence-corrected chi connectivity index (χ2v) is 2.73. The van der Waals surface area contributed by atoms with E-state index >= 15 is 0 Å². The molecule has 14 heavy (non-hydrogen) atoms. The van der Waals surface area contributed by atoms with Crippen molar-refractivity contribution in [3.63, 3.8) is 0 Å². The number of alkyl halides is 2. The van der Waals surface area contributed by atoms with E-state index in [1.165, 1.54) is 0 Å². The number of hydrogen-bond donors (Lipinski definition) is 2. The highest BCUT2D eigenvalue weighted by Gasteiger charge is 2.18. The number of carbonyl (C=O) groups is 1. The molecule has 0 aliphatic heterocycles. The molecule has 0 amide bonds. The van der Waals surface area contributed by atoms with Crippen molar-refractivity contribution in [3.8, 4) is 5.75 Å². The summed E-state index contributed by atoms with van der Waals surface area (Å²) in [6.07, 6.45) is -3.03. The summed E-state index contributed by atoms with van der Waals surface area (Å²) in [5.74, 6) is -0.872. The molecule has 1 aromatic heterocycles. The fraction of sp³-hybridized carbons (Fsp3) is 0.143. The van der Waals surface area contributed by atoms with Crippen molar-refractivity contribution in [1.29, 1.82) is 0 Å². The molecule has 1 heterocycles. The number of rotatable bonds is 2. The quantitative estimate of drug-likeness (QED) is 0.745. The molecule has 7 heteroatoms. The Morgan fingerprint density at radius 2 is 2.14 bits per heavy atom. The molecule has 1 aromatic rings. The Labute approximate surface area is 81.1 Å². The highest BCUT2D eigenvalue weighted by Crippen LogP contribution is 2.25. The Morgan fingerprint density at radius 3 is 2.57 bits per heavy atom. The number of hydrogen-bond acceptors (Lipinski definition) is 3. The van der Waals surface area contributed by atoms with E-state index in [4.69, 9.17) is 16.7 Å². The standard InChI is InChI=1S/C7H4ClF2NO3/c8-5(13)2-1-3(12)4(6(9)10)11-7(2)14/h1,6,12H,(H,11,14). The Hall–Kier alpha value is -1.43. The van der Waals surface area contributed by atoms with Crippen LogP contribution in [-0.4, -0.2) is 15.3 Å². The van der Waals surface area contributed by atoms with E-state index in [1.54, 1.807) is 4.98 Å². The van der Waals surface area contributed by atoms with Crippen molar-refractivity contribution in [2.45, 2.75) is 6.43 Å². The van der Waals surface area contributed by atoms with Crippen LogP contribution in [0.25, 0.3) is 0 Å². The van der Waals surface area contributed by atoms with Crippen LogP contribution in [0.4, 0.5) is 8.78 Å². The number of halogens is 3. The fourth-order valence-electron chi connectivity index (χ4n) is 0.846. The maximum atomic E-state index is 12.1. The van der Waals surface area contributed by atoms with E-state index in [9.17, 15) is 18.4 Å². The summed E-state index contributed by atoms with van der Waals surface area (Å²) >= 11 is 4.95. The molecule has 4 nitrogen and oxygen atoms in total. The molecule has 0 aliphatic rings. The molecule has 0 bridgehead atoms. The summed E-state index contributed by atoms with van der Waals surface area (Å²) < 4.78 is 24.2. The Bertz CT molecular complexity index is 429. The van der Waals surface area contributed by atoms with Gasteiger partial charge >= 0.3 is 0 Å². The van der Waals surface area contributed by atoms with Gasteiger partial charge in [0, 0.05) is 0 Å². The molecule has 0 spiro atoms. The zero-order valence-electron chi connectivity index (χ0n) is 6.55. The van der Waals surface area contributed by atoms with Crippen LogP contribution in [0.1, 0.15) is 22.5 Å². The van der Waals surface area contributed by atoms with E-state index in [0.717, 1.165) is 0 Å². The number of aromatic nitrogens is 1. The normalized spacial score (nSPS) is 10.6. The molecular weight excluding hydrogens is 220 g/mol. The van der Waals surface area contributed by atoms with Gasteiger partial charge in [0.25, 0.3) is 17.2 Å². The predicted octanol–water partition coefficient (Wildman–Crippen LogP) is 1.40. The van der Waals surface area contributed by atoms with Crippen molar-refractivity contribution in [3.05, 3.63) is 27.7 Å². The second kappa shape index (κ2) is 3.75. The third-order valence-corrected chi connectivity index (χ3v) is 1.68. The average molecular weight is 224 g/mol. The SMILES string of the molecule is O=C(Cl)c1cc(O)c(C(F)F)[nH]c1=O. The largest absolute Gasteiger partial charge is 0.506 e. The van der Waals surface area contributed by atoms with Gasteiger partial charge < -0.3 is 10.1 Å². The minimum absolute atomic E-state index is 0.575. The topological polar surface area (TPSA) is 70.2 Å². The average Bonchev–Trinajstić information content (AvgIpc) is 2.07. The number of carbonyl (C=O) groups excluding carboxylic acids is 1. The van der Waals surface area contributed by atoms with Gasteiger partial charge in [-0.3, -0.25) is 9.59 Å². The van der Waals surface area contributed by atoms with Gasteiger partial charge in [0.15, 0.2) is 0 Å². The lowest BCUT2D eigenvalue weighted by Gasteiger charge is -2.03. The third kappa shape index (κ3) is 1.90. The van der Waals surface area contributed by atoms with Gasteiger partial charge in [-0.05, 0) is 17.7 Å². The number of nitrogens with one attached hydrogen (secondary N) is 1. The zero-order chi connectivity index (χ0) is 10.9. The molecule has 2 N–H and O–H groups in total. The lowest BCUT2D eigenvalue weighted by atomic mass is 10.2. The minimum atomic E-state index is -3.03. The molecule has 0 atom stereocenters. The molecule has 0 unspecified atom stereocenters. The van der Waals surface area contributed by atoms with Gasteiger partial charge in [0.05, 0.1) is 0 Å². The van der Waals surface area contributed by atoms with E-state index < -0.39 is 34.2 Å². The Morgan fingerprint density at radius 1 is 1.57 bits per heavy atom. The number of H-pyrrole nitrogens is 1. The van der Waals surface area contributed by atoms with Crippen molar-refractivity contribution in [2.75, 3.05) is 0 Å².